The fourth-order valence-electron chi connectivity index (χ4n) is 2.54. The predicted octanol–water partition coefficient (Wildman–Crippen LogP) is 2.34. The molecule has 2 rings (SSSR count). The molecule has 116 valence electrons. The Balaban J connectivity index is 2.14. The number of Topliss-reactive ketones (excluding diaryl/α,β-unsaturated/α-hetero) is 1. The molecule has 0 saturated heterocycles. The molecule has 0 radical (unpaired) electrons. The smallest absolute Gasteiger partial charge is 0.179 e. The summed E-state index contributed by atoms with van der Waals surface area (Å²) in [5.74, 6) is 1.26. The van der Waals surface area contributed by atoms with Gasteiger partial charge in [-0.15, -0.1) is 0 Å². The molecule has 0 unspecified atom stereocenters. The highest BCUT2D eigenvalue weighted by molar-refractivity contribution is 6.02. The van der Waals surface area contributed by atoms with Crippen LogP contribution in [-0.4, -0.2) is 43.5 Å². The van der Waals surface area contributed by atoms with Gasteiger partial charge in [0.05, 0.1) is 6.54 Å². The van der Waals surface area contributed by atoms with E-state index in [0.717, 1.165) is 25.9 Å². The Morgan fingerprint density at radius 1 is 1.14 bits per heavy atom. The van der Waals surface area contributed by atoms with E-state index in [0.29, 0.717) is 42.5 Å². The average molecular weight is 292 g/mol. The molecule has 1 aromatic carbocycles. The molecule has 1 aliphatic heterocycles. The number of nitrogens with two attached hydrogens (primary N) is 1. The van der Waals surface area contributed by atoms with Crippen molar-refractivity contribution in [3.63, 3.8) is 0 Å². The summed E-state index contributed by atoms with van der Waals surface area (Å²) in [6.07, 6.45) is 2.06. The van der Waals surface area contributed by atoms with Gasteiger partial charge in [0, 0.05) is 17.3 Å². The summed E-state index contributed by atoms with van der Waals surface area (Å²) in [5.41, 5.74) is 6.97. The van der Waals surface area contributed by atoms with Crippen molar-refractivity contribution in [2.45, 2.75) is 26.7 Å². The number of ether oxygens (including phenoxy) is 2. The number of nitrogen functional groups attached to an aromatic ring is 1. The molecule has 1 aliphatic rings. The van der Waals surface area contributed by atoms with Crippen molar-refractivity contribution in [3.8, 4) is 11.5 Å². The lowest BCUT2D eigenvalue weighted by Crippen LogP contribution is -2.31. The molecule has 1 heterocycles. The molecule has 2 N–H and O–H groups in total. The third kappa shape index (κ3) is 3.88. The number of ketones is 1. The highest BCUT2D eigenvalue weighted by atomic mass is 16.6. The maximum absolute atomic E-state index is 12.5. The standard InChI is InChI=1S/C16H24N2O3/c1-3-5-18(6-4-2)11-14(19)12-9-15-16(10-13(12)17)21-8-7-20-15/h9-10H,3-8,11,17H2,1-2H3. The van der Waals surface area contributed by atoms with Gasteiger partial charge in [0.2, 0.25) is 0 Å². The van der Waals surface area contributed by atoms with Crippen LogP contribution >= 0.6 is 0 Å². The van der Waals surface area contributed by atoms with E-state index in [-0.39, 0.29) is 5.78 Å². The predicted molar refractivity (Wildman–Crippen MR) is 83.2 cm³/mol. The molecule has 0 atom stereocenters. The summed E-state index contributed by atoms with van der Waals surface area (Å²) in [6.45, 7) is 7.49. The Labute approximate surface area is 126 Å². The molecule has 0 spiro atoms. The second-order valence-electron chi connectivity index (χ2n) is 5.28. The summed E-state index contributed by atoms with van der Waals surface area (Å²) >= 11 is 0. The van der Waals surface area contributed by atoms with E-state index in [1.807, 2.05) is 0 Å². The van der Waals surface area contributed by atoms with Crippen LogP contribution in [0.5, 0.6) is 11.5 Å². The van der Waals surface area contributed by atoms with Gasteiger partial charge in [-0.25, -0.2) is 0 Å². The molecule has 0 fully saturated rings. The highest BCUT2D eigenvalue weighted by Gasteiger charge is 2.19. The van der Waals surface area contributed by atoms with E-state index in [4.69, 9.17) is 15.2 Å². The van der Waals surface area contributed by atoms with E-state index in [1.54, 1.807) is 12.1 Å². The van der Waals surface area contributed by atoms with E-state index in [9.17, 15) is 4.79 Å². The molecule has 0 saturated carbocycles. The van der Waals surface area contributed by atoms with E-state index >= 15 is 0 Å². The lowest BCUT2D eigenvalue weighted by molar-refractivity contribution is 0.0930. The normalized spacial score (nSPS) is 13.5. The second-order valence-corrected chi connectivity index (χ2v) is 5.28. The first-order chi connectivity index (χ1) is 10.2. The number of benzene rings is 1. The Hall–Kier alpha value is -1.75. The van der Waals surface area contributed by atoms with Gasteiger partial charge in [-0.05, 0) is 32.0 Å². The van der Waals surface area contributed by atoms with Crippen molar-refractivity contribution in [1.82, 2.24) is 4.90 Å². The topological polar surface area (TPSA) is 64.8 Å². The number of carbonyl (C=O) groups excluding carboxylic acids is 1. The first kappa shape index (κ1) is 15.6. The van der Waals surface area contributed by atoms with Crippen molar-refractivity contribution < 1.29 is 14.3 Å². The van der Waals surface area contributed by atoms with Gasteiger partial charge in [-0.1, -0.05) is 13.8 Å². The van der Waals surface area contributed by atoms with Gasteiger partial charge >= 0.3 is 0 Å². The fraction of sp³-hybridized carbons (Fsp3) is 0.562. The molecule has 5 heteroatoms. The average Bonchev–Trinajstić information content (AvgIpc) is 2.47. The molecule has 1 aromatic rings. The number of fused-ring (bicyclic) bond motifs is 1. The molecule has 0 amide bonds. The monoisotopic (exact) mass is 292 g/mol. The Bertz CT molecular complexity index is 497. The molecule has 21 heavy (non-hydrogen) atoms. The van der Waals surface area contributed by atoms with Crippen molar-refractivity contribution in [2.75, 3.05) is 38.6 Å². The molecular weight excluding hydrogens is 268 g/mol. The zero-order valence-corrected chi connectivity index (χ0v) is 12.9. The molecule has 0 bridgehead atoms. The highest BCUT2D eigenvalue weighted by Crippen LogP contribution is 2.34. The van der Waals surface area contributed by atoms with Crippen molar-refractivity contribution >= 4 is 11.5 Å². The van der Waals surface area contributed by atoms with Gasteiger partial charge in [0.1, 0.15) is 13.2 Å². The van der Waals surface area contributed by atoms with Gasteiger partial charge in [0.15, 0.2) is 17.3 Å². The van der Waals surface area contributed by atoms with Crippen LogP contribution in [0.2, 0.25) is 0 Å². The van der Waals surface area contributed by atoms with Crippen LogP contribution in [0.3, 0.4) is 0 Å². The number of rotatable bonds is 7. The zero-order chi connectivity index (χ0) is 15.2. The van der Waals surface area contributed by atoms with Crippen molar-refractivity contribution in [2.24, 2.45) is 0 Å². The number of nitrogens with zero attached hydrogens (tertiary/aromatic N) is 1. The summed E-state index contributed by atoms with van der Waals surface area (Å²) in [6, 6.07) is 3.40. The Morgan fingerprint density at radius 3 is 2.29 bits per heavy atom. The van der Waals surface area contributed by atoms with Crippen molar-refractivity contribution in [3.05, 3.63) is 17.7 Å². The third-order valence-corrected chi connectivity index (χ3v) is 3.46. The molecular formula is C16H24N2O3. The van der Waals surface area contributed by atoms with Crippen LogP contribution in [0.15, 0.2) is 12.1 Å². The lowest BCUT2D eigenvalue weighted by Gasteiger charge is -2.22. The second kappa shape index (κ2) is 7.31. The first-order valence-corrected chi connectivity index (χ1v) is 7.60. The van der Waals surface area contributed by atoms with Crippen LogP contribution < -0.4 is 15.2 Å². The van der Waals surface area contributed by atoms with Gasteiger partial charge in [-0.3, -0.25) is 9.69 Å². The summed E-state index contributed by atoms with van der Waals surface area (Å²) in [7, 11) is 0. The number of hydrogen-bond acceptors (Lipinski definition) is 5. The molecule has 0 aromatic heterocycles. The molecule has 5 nitrogen and oxygen atoms in total. The summed E-state index contributed by atoms with van der Waals surface area (Å²) in [4.78, 5) is 14.7. The Morgan fingerprint density at radius 2 is 1.71 bits per heavy atom. The summed E-state index contributed by atoms with van der Waals surface area (Å²) < 4.78 is 11.0. The number of hydrogen-bond donors (Lipinski definition) is 1. The fourth-order valence-corrected chi connectivity index (χ4v) is 2.54. The van der Waals surface area contributed by atoms with Crippen LogP contribution in [0.25, 0.3) is 0 Å². The van der Waals surface area contributed by atoms with Crippen molar-refractivity contribution in [1.29, 1.82) is 0 Å². The van der Waals surface area contributed by atoms with E-state index in [1.165, 1.54) is 0 Å². The number of anilines is 1. The quantitative estimate of drug-likeness (QED) is 0.617. The Kier molecular flexibility index (Phi) is 5.44. The van der Waals surface area contributed by atoms with Crippen LogP contribution in [0, 0.1) is 0 Å². The van der Waals surface area contributed by atoms with Gasteiger partial charge < -0.3 is 15.2 Å². The SMILES string of the molecule is CCCN(CCC)CC(=O)c1cc2c(cc1N)OCCO2. The van der Waals surface area contributed by atoms with E-state index < -0.39 is 0 Å². The summed E-state index contributed by atoms with van der Waals surface area (Å²) in [5, 5.41) is 0. The number of carbonyl (C=O) groups is 1. The van der Waals surface area contributed by atoms with Crippen LogP contribution in [0.4, 0.5) is 5.69 Å². The minimum atomic E-state index is 0.0337. The largest absolute Gasteiger partial charge is 0.486 e. The first-order valence-electron chi connectivity index (χ1n) is 7.60. The minimum absolute atomic E-state index is 0.0337. The van der Waals surface area contributed by atoms with Crippen LogP contribution in [-0.2, 0) is 0 Å². The maximum atomic E-state index is 12.5. The third-order valence-electron chi connectivity index (χ3n) is 3.46. The maximum Gasteiger partial charge on any atom is 0.179 e. The van der Waals surface area contributed by atoms with Gasteiger partial charge in [-0.2, -0.15) is 0 Å². The minimum Gasteiger partial charge on any atom is -0.486 e. The van der Waals surface area contributed by atoms with E-state index in [2.05, 4.69) is 18.7 Å². The lowest BCUT2D eigenvalue weighted by atomic mass is 10.1. The zero-order valence-electron chi connectivity index (χ0n) is 12.9. The molecule has 0 aliphatic carbocycles. The van der Waals surface area contributed by atoms with Gasteiger partial charge in [0.25, 0.3) is 0 Å². The van der Waals surface area contributed by atoms with Crippen LogP contribution in [0.1, 0.15) is 37.0 Å².